The highest BCUT2D eigenvalue weighted by Crippen LogP contribution is 2.13. The summed E-state index contributed by atoms with van der Waals surface area (Å²) in [5.74, 6) is 0.265. The number of ether oxygens (including phenoxy) is 1. The van der Waals surface area contributed by atoms with E-state index < -0.39 is 5.91 Å². The van der Waals surface area contributed by atoms with Gasteiger partial charge in [0.15, 0.2) is 0 Å². The van der Waals surface area contributed by atoms with Crippen molar-refractivity contribution in [1.29, 1.82) is 0 Å². The standard InChI is InChI=1S/C14H20N2O2/c15-14(17)13-3-1-2-12(8-13)10-18-9-11-4-6-16-7-5-11/h1-3,8,11,16H,4-7,9-10H2,(H2,15,17). The molecular weight excluding hydrogens is 228 g/mol. The van der Waals surface area contributed by atoms with Crippen LogP contribution in [0.3, 0.4) is 0 Å². The average Bonchev–Trinajstić information content (AvgIpc) is 2.40. The minimum absolute atomic E-state index is 0.393. The van der Waals surface area contributed by atoms with Crippen LogP contribution in [0.25, 0.3) is 0 Å². The van der Waals surface area contributed by atoms with E-state index in [-0.39, 0.29) is 0 Å². The first-order valence-electron chi connectivity index (χ1n) is 6.43. The van der Waals surface area contributed by atoms with E-state index in [9.17, 15) is 4.79 Å². The number of primary amides is 1. The molecule has 1 aliphatic heterocycles. The Balaban J connectivity index is 1.78. The first-order chi connectivity index (χ1) is 8.75. The number of piperidine rings is 1. The highest BCUT2D eigenvalue weighted by atomic mass is 16.5. The van der Waals surface area contributed by atoms with Crippen molar-refractivity contribution in [2.24, 2.45) is 11.7 Å². The molecule has 1 amide bonds. The Morgan fingerprint density at radius 1 is 1.39 bits per heavy atom. The lowest BCUT2D eigenvalue weighted by Gasteiger charge is -2.22. The zero-order chi connectivity index (χ0) is 12.8. The van der Waals surface area contributed by atoms with E-state index in [0.717, 1.165) is 25.3 Å². The minimum atomic E-state index is -0.393. The number of nitrogens with one attached hydrogen (secondary N) is 1. The number of carbonyl (C=O) groups excluding carboxylic acids is 1. The fourth-order valence-electron chi connectivity index (χ4n) is 2.21. The van der Waals surface area contributed by atoms with Gasteiger partial charge in [0.05, 0.1) is 6.61 Å². The normalized spacial score (nSPS) is 16.7. The van der Waals surface area contributed by atoms with E-state index in [1.54, 1.807) is 12.1 Å². The summed E-state index contributed by atoms with van der Waals surface area (Å²) in [6.07, 6.45) is 2.36. The van der Waals surface area contributed by atoms with Crippen molar-refractivity contribution in [1.82, 2.24) is 5.32 Å². The zero-order valence-corrected chi connectivity index (χ0v) is 10.5. The summed E-state index contributed by atoms with van der Waals surface area (Å²) in [6, 6.07) is 7.31. The predicted octanol–water partition coefficient (Wildman–Crippen LogP) is 1.30. The smallest absolute Gasteiger partial charge is 0.248 e. The van der Waals surface area contributed by atoms with Gasteiger partial charge >= 0.3 is 0 Å². The lowest BCUT2D eigenvalue weighted by molar-refractivity contribution is 0.0763. The summed E-state index contributed by atoms with van der Waals surface area (Å²) in [7, 11) is 0. The van der Waals surface area contributed by atoms with Gasteiger partial charge in [0.25, 0.3) is 0 Å². The van der Waals surface area contributed by atoms with E-state index in [1.807, 2.05) is 12.1 Å². The highest BCUT2D eigenvalue weighted by Gasteiger charge is 2.12. The number of benzene rings is 1. The van der Waals surface area contributed by atoms with Crippen molar-refractivity contribution >= 4 is 5.91 Å². The van der Waals surface area contributed by atoms with Crippen LogP contribution in [-0.2, 0) is 11.3 Å². The molecule has 0 bridgehead atoms. The minimum Gasteiger partial charge on any atom is -0.376 e. The van der Waals surface area contributed by atoms with Crippen molar-refractivity contribution in [3.8, 4) is 0 Å². The van der Waals surface area contributed by atoms with Crippen LogP contribution in [0.1, 0.15) is 28.8 Å². The number of carbonyl (C=O) groups is 1. The van der Waals surface area contributed by atoms with E-state index in [0.29, 0.717) is 18.1 Å². The van der Waals surface area contributed by atoms with Gasteiger partial charge in [-0.15, -0.1) is 0 Å². The highest BCUT2D eigenvalue weighted by molar-refractivity contribution is 5.92. The van der Waals surface area contributed by atoms with E-state index >= 15 is 0 Å². The van der Waals surface area contributed by atoms with Gasteiger partial charge < -0.3 is 15.8 Å². The fourth-order valence-corrected chi connectivity index (χ4v) is 2.21. The van der Waals surface area contributed by atoms with Gasteiger partial charge in [0, 0.05) is 12.2 Å². The molecule has 0 radical (unpaired) electrons. The number of hydrogen-bond acceptors (Lipinski definition) is 3. The first kappa shape index (κ1) is 13.1. The maximum absolute atomic E-state index is 11.0. The molecule has 1 aromatic carbocycles. The Kier molecular flexibility index (Phi) is 4.73. The van der Waals surface area contributed by atoms with Crippen molar-refractivity contribution in [3.05, 3.63) is 35.4 Å². The van der Waals surface area contributed by atoms with E-state index in [4.69, 9.17) is 10.5 Å². The van der Waals surface area contributed by atoms with Gasteiger partial charge in [-0.3, -0.25) is 4.79 Å². The third-order valence-electron chi connectivity index (χ3n) is 3.29. The van der Waals surface area contributed by atoms with Gasteiger partial charge in [0.1, 0.15) is 0 Å². The molecule has 0 unspecified atom stereocenters. The second-order valence-electron chi connectivity index (χ2n) is 4.77. The molecule has 18 heavy (non-hydrogen) atoms. The molecule has 2 rings (SSSR count). The van der Waals surface area contributed by atoms with Crippen LogP contribution in [0, 0.1) is 5.92 Å². The van der Waals surface area contributed by atoms with Gasteiger partial charge in [-0.1, -0.05) is 12.1 Å². The summed E-state index contributed by atoms with van der Waals surface area (Å²) in [5.41, 5.74) is 6.78. The van der Waals surface area contributed by atoms with Gasteiger partial charge in [-0.25, -0.2) is 0 Å². The number of rotatable bonds is 5. The van der Waals surface area contributed by atoms with E-state index in [1.165, 1.54) is 12.8 Å². The SMILES string of the molecule is NC(=O)c1cccc(COCC2CCNCC2)c1. The third kappa shape index (κ3) is 3.82. The lowest BCUT2D eigenvalue weighted by Crippen LogP contribution is -2.29. The largest absolute Gasteiger partial charge is 0.376 e. The molecule has 98 valence electrons. The Hall–Kier alpha value is -1.39. The van der Waals surface area contributed by atoms with Gasteiger partial charge in [-0.2, -0.15) is 0 Å². The Morgan fingerprint density at radius 3 is 2.89 bits per heavy atom. The van der Waals surface area contributed by atoms with Gasteiger partial charge in [0.2, 0.25) is 5.91 Å². The van der Waals surface area contributed by atoms with Crippen LogP contribution in [-0.4, -0.2) is 25.6 Å². The number of nitrogens with two attached hydrogens (primary N) is 1. The van der Waals surface area contributed by atoms with E-state index in [2.05, 4.69) is 5.32 Å². The molecule has 1 aliphatic rings. The monoisotopic (exact) mass is 248 g/mol. The van der Waals surface area contributed by atoms with Crippen molar-refractivity contribution < 1.29 is 9.53 Å². The molecule has 0 aromatic heterocycles. The van der Waals surface area contributed by atoms with Crippen molar-refractivity contribution in [2.75, 3.05) is 19.7 Å². The fraction of sp³-hybridized carbons (Fsp3) is 0.500. The molecule has 0 atom stereocenters. The Labute approximate surface area is 108 Å². The summed E-state index contributed by atoms with van der Waals surface area (Å²) >= 11 is 0. The molecule has 1 fully saturated rings. The predicted molar refractivity (Wildman–Crippen MR) is 70.2 cm³/mol. The van der Waals surface area contributed by atoms with Crippen LogP contribution < -0.4 is 11.1 Å². The summed E-state index contributed by atoms with van der Waals surface area (Å²) < 4.78 is 5.71. The molecule has 1 heterocycles. The Morgan fingerprint density at radius 2 is 2.17 bits per heavy atom. The summed E-state index contributed by atoms with van der Waals surface area (Å²) in [6.45, 7) is 3.52. The molecule has 0 saturated carbocycles. The van der Waals surface area contributed by atoms with Crippen LogP contribution in [0.2, 0.25) is 0 Å². The maximum Gasteiger partial charge on any atom is 0.248 e. The molecule has 0 spiro atoms. The Bertz CT molecular complexity index is 401. The van der Waals surface area contributed by atoms with Crippen molar-refractivity contribution in [2.45, 2.75) is 19.4 Å². The summed E-state index contributed by atoms with van der Waals surface area (Å²) in [4.78, 5) is 11.0. The molecular formula is C14H20N2O2. The molecule has 3 N–H and O–H groups in total. The molecule has 0 aliphatic carbocycles. The van der Waals surface area contributed by atoms with Crippen molar-refractivity contribution in [3.63, 3.8) is 0 Å². The first-order valence-corrected chi connectivity index (χ1v) is 6.43. The van der Waals surface area contributed by atoms with Crippen LogP contribution in [0.5, 0.6) is 0 Å². The van der Waals surface area contributed by atoms with Crippen LogP contribution in [0.4, 0.5) is 0 Å². The molecule has 4 nitrogen and oxygen atoms in total. The molecule has 1 saturated heterocycles. The maximum atomic E-state index is 11.0. The molecule has 1 aromatic rings. The number of hydrogen-bond donors (Lipinski definition) is 2. The number of amides is 1. The third-order valence-corrected chi connectivity index (χ3v) is 3.29. The molecule has 4 heteroatoms. The van der Waals surface area contributed by atoms with Crippen LogP contribution in [0.15, 0.2) is 24.3 Å². The second-order valence-corrected chi connectivity index (χ2v) is 4.77. The average molecular weight is 248 g/mol. The topological polar surface area (TPSA) is 64.4 Å². The lowest BCUT2D eigenvalue weighted by atomic mass is 9.99. The summed E-state index contributed by atoms with van der Waals surface area (Å²) in [5, 5.41) is 3.34. The zero-order valence-electron chi connectivity index (χ0n) is 10.5. The van der Waals surface area contributed by atoms with Gasteiger partial charge in [-0.05, 0) is 49.5 Å². The second kappa shape index (κ2) is 6.52. The van der Waals surface area contributed by atoms with Crippen LogP contribution >= 0.6 is 0 Å². The quantitative estimate of drug-likeness (QED) is 0.825.